The van der Waals surface area contributed by atoms with E-state index >= 15 is 0 Å². The zero-order valence-corrected chi connectivity index (χ0v) is 11.1. The standard InChI is InChI=1S/C10H14Br2O2/c1-3-5-13-7-9(11)10(12)8-14-6-4-2/h3-4H,1-2,5-8H2. The van der Waals surface area contributed by atoms with Crippen LogP contribution in [0.25, 0.3) is 0 Å². The zero-order valence-electron chi connectivity index (χ0n) is 7.97. The molecule has 0 atom stereocenters. The number of rotatable bonds is 8. The molecule has 0 unspecified atom stereocenters. The van der Waals surface area contributed by atoms with Gasteiger partial charge >= 0.3 is 0 Å². The fourth-order valence-corrected chi connectivity index (χ4v) is 1.17. The summed E-state index contributed by atoms with van der Waals surface area (Å²) < 4.78 is 12.4. The van der Waals surface area contributed by atoms with Gasteiger partial charge in [0, 0.05) is 8.96 Å². The third-order valence-electron chi connectivity index (χ3n) is 1.22. The molecule has 0 aromatic carbocycles. The van der Waals surface area contributed by atoms with Crippen LogP contribution in [0, 0.1) is 0 Å². The molecule has 0 spiro atoms. The fourth-order valence-electron chi connectivity index (χ4n) is 0.620. The number of halogens is 2. The van der Waals surface area contributed by atoms with Crippen molar-refractivity contribution in [3.63, 3.8) is 0 Å². The van der Waals surface area contributed by atoms with E-state index in [1.165, 1.54) is 0 Å². The molecule has 0 aliphatic carbocycles. The normalized spacial score (nSPS) is 12.1. The molecule has 14 heavy (non-hydrogen) atoms. The van der Waals surface area contributed by atoms with Crippen LogP contribution in [-0.2, 0) is 9.47 Å². The summed E-state index contributed by atoms with van der Waals surface area (Å²) in [6.07, 6.45) is 3.42. The van der Waals surface area contributed by atoms with Crippen molar-refractivity contribution in [2.75, 3.05) is 26.4 Å². The second-order valence-corrected chi connectivity index (χ2v) is 4.33. The highest BCUT2D eigenvalue weighted by Crippen LogP contribution is 2.18. The monoisotopic (exact) mass is 324 g/mol. The molecule has 80 valence electrons. The van der Waals surface area contributed by atoms with E-state index in [1.807, 2.05) is 0 Å². The minimum Gasteiger partial charge on any atom is -0.372 e. The highest BCUT2D eigenvalue weighted by atomic mass is 79.9. The predicted molar refractivity (Wildman–Crippen MR) is 66.9 cm³/mol. The molecular weight excluding hydrogens is 312 g/mol. The summed E-state index contributed by atoms with van der Waals surface area (Å²) in [4.78, 5) is 0. The smallest absolute Gasteiger partial charge is 0.0795 e. The molecule has 0 saturated carbocycles. The molecule has 0 fully saturated rings. The molecule has 0 rings (SSSR count). The van der Waals surface area contributed by atoms with Gasteiger partial charge in [0.1, 0.15) is 0 Å². The lowest BCUT2D eigenvalue weighted by molar-refractivity contribution is 0.182. The molecule has 0 aromatic rings. The summed E-state index contributed by atoms with van der Waals surface area (Å²) in [5.41, 5.74) is 0. The van der Waals surface area contributed by atoms with E-state index in [1.54, 1.807) is 12.2 Å². The van der Waals surface area contributed by atoms with Crippen molar-refractivity contribution in [3.8, 4) is 0 Å². The quantitative estimate of drug-likeness (QED) is 0.503. The summed E-state index contributed by atoms with van der Waals surface area (Å²) in [5, 5.41) is 0. The summed E-state index contributed by atoms with van der Waals surface area (Å²) in [6, 6.07) is 0. The summed E-state index contributed by atoms with van der Waals surface area (Å²) in [5.74, 6) is 0. The average molecular weight is 326 g/mol. The van der Waals surface area contributed by atoms with Crippen molar-refractivity contribution in [1.82, 2.24) is 0 Å². The zero-order chi connectivity index (χ0) is 10.8. The van der Waals surface area contributed by atoms with Crippen LogP contribution in [0.5, 0.6) is 0 Å². The van der Waals surface area contributed by atoms with Gasteiger partial charge in [0.25, 0.3) is 0 Å². The third-order valence-corrected chi connectivity index (χ3v) is 3.17. The molecular formula is C10H14Br2O2. The lowest BCUT2D eigenvalue weighted by atomic mass is 10.5. The second kappa shape index (κ2) is 9.65. The highest BCUT2D eigenvalue weighted by molar-refractivity contribution is 9.14. The Hall–Kier alpha value is 0.100. The maximum Gasteiger partial charge on any atom is 0.0795 e. The number of hydrogen-bond acceptors (Lipinski definition) is 2. The van der Waals surface area contributed by atoms with E-state index < -0.39 is 0 Å². The molecule has 0 amide bonds. The molecule has 0 radical (unpaired) electrons. The van der Waals surface area contributed by atoms with E-state index in [-0.39, 0.29) is 0 Å². The van der Waals surface area contributed by atoms with Gasteiger partial charge in [-0.3, -0.25) is 0 Å². The molecule has 0 aromatic heterocycles. The third kappa shape index (κ3) is 7.50. The highest BCUT2D eigenvalue weighted by Gasteiger charge is 2.00. The molecule has 2 nitrogen and oxygen atoms in total. The molecule has 0 heterocycles. The van der Waals surface area contributed by atoms with E-state index in [4.69, 9.17) is 9.47 Å². The van der Waals surface area contributed by atoms with Gasteiger partial charge in [0.15, 0.2) is 0 Å². The first-order valence-electron chi connectivity index (χ1n) is 4.12. The topological polar surface area (TPSA) is 18.5 Å². The Bertz CT molecular complexity index is 190. The Morgan fingerprint density at radius 1 is 0.929 bits per heavy atom. The Morgan fingerprint density at radius 2 is 1.29 bits per heavy atom. The number of hydrogen-bond donors (Lipinski definition) is 0. The van der Waals surface area contributed by atoms with Crippen LogP contribution in [-0.4, -0.2) is 26.4 Å². The van der Waals surface area contributed by atoms with Crippen molar-refractivity contribution in [2.45, 2.75) is 0 Å². The van der Waals surface area contributed by atoms with Gasteiger partial charge in [-0.2, -0.15) is 0 Å². The lowest BCUT2D eigenvalue weighted by Gasteiger charge is -2.05. The van der Waals surface area contributed by atoms with Gasteiger partial charge in [0.2, 0.25) is 0 Å². The molecule has 0 aliphatic rings. The maximum atomic E-state index is 5.24. The first-order chi connectivity index (χ1) is 6.72. The van der Waals surface area contributed by atoms with Crippen molar-refractivity contribution in [3.05, 3.63) is 34.3 Å². The Morgan fingerprint density at radius 3 is 1.57 bits per heavy atom. The minimum absolute atomic E-state index is 0.518. The molecule has 4 heteroatoms. The summed E-state index contributed by atoms with van der Waals surface area (Å²) in [7, 11) is 0. The maximum absolute atomic E-state index is 5.24. The van der Waals surface area contributed by atoms with E-state index in [2.05, 4.69) is 45.0 Å². The van der Waals surface area contributed by atoms with Gasteiger partial charge in [-0.05, 0) is 0 Å². The van der Waals surface area contributed by atoms with Crippen LogP contribution in [0.3, 0.4) is 0 Å². The van der Waals surface area contributed by atoms with Crippen LogP contribution in [0.1, 0.15) is 0 Å². The Kier molecular flexibility index (Phi) is 9.72. The van der Waals surface area contributed by atoms with Crippen molar-refractivity contribution in [2.24, 2.45) is 0 Å². The van der Waals surface area contributed by atoms with E-state index in [0.717, 1.165) is 8.96 Å². The van der Waals surface area contributed by atoms with E-state index in [9.17, 15) is 0 Å². The Labute approximate surface area is 102 Å². The Balaban J connectivity index is 3.76. The average Bonchev–Trinajstić information content (AvgIpc) is 2.18. The first-order valence-corrected chi connectivity index (χ1v) is 5.71. The van der Waals surface area contributed by atoms with Gasteiger partial charge in [-0.1, -0.05) is 44.0 Å². The SMILES string of the molecule is C=CCOCC(Br)=C(Br)COCC=C. The van der Waals surface area contributed by atoms with Crippen molar-refractivity contribution in [1.29, 1.82) is 0 Å². The van der Waals surface area contributed by atoms with E-state index in [0.29, 0.717) is 26.4 Å². The lowest BCUT2D eigenvalue weighted by Crippen LogP contribution is -1.99. The van der Waals surface area contributed by atoms with Crippen LogP contribution in [0.15, 0.2) is 34.3 Å². The molecule has 0 saturated heterocycles. The summed E-state index contributed by atoms with van der Waals surface area (Å²) in [6.45, 7) is 9.24. The minimum atomic E-state index is 0.518. The van der Waals surface area contributed by atoms with Crippen molar-refractivity contribution < 1.29 is 9.47 Å². The number of ether oxygens (including phenoxy) is 2. The van der Waals surface area contributed by atoms with Gasteiger partial charge in [-0.25, -0.2) is 0 Å². The van der Waals surface area contributed by atoms with Gasteiger partial charge in [0.05, 0.1) is 26.4 Å². The van der Waals surface area contributed by atoms with Gasteiger partial charge in [-0.15, -0.1) is 13.2 Å². The van der Waals surface area contributed by atoms with Crippen LogP contribution in [0.4, 0.5) is 0 Å². The molecule has 0 aliphatic heterocycles. The van der Waals surface area contributed by atoms with Crippen LogP contribution >= 0.6 is 31.9 Å². The van der Waals surface area contributed by atoms with Crippen LogP contribution in [0.2, 0.25) is 0 Å². The second-order valence-electron chi connectivity index (χ2n) is 2.42. The van der Waals surface area contributed by atoms with Crippen molar-refractivity contribution >= 4 is 31.9 Å². The fraction of sp³-hybridized carbons (Fsp3) is 0.400. The van der Waals surface area contributed by atoms with Crippen LogP contribution < -0.4 is 0 Å². The van der Waals surface area contributed by atoms with Gasteiger partial charge < -0.3 is 9.47 Å². The first kappa shape index (κ1) is 14.1. The summed E-state index contributed by atoms with van der Waals surface area (Å²) >= 11 is 6.79. The largest absolute Gasteiger partial charge is 0.372 e. The molecule has 0 N–H and O–H groups in total. The predicted octanol–water partition coefficient (Wildman–Crippen LogP) is 3.39. The molecule has 0 bridgehead atoms.